The first-order chi connectivity index (χ1) is 45.7. The van der Waals surface area contributed by atoms with Gasteiger partial charge in [-0.25, -0.2) is 0 Å². The van der Waals surface area contributed by atoms with Crippen LogP contribution in [0.5, 0.6) is 0 Å². The summed E-state index contributed by atoms with van der Waals surface area (Å²) in [7, 11) is -3.04. The summed E-state index contributed by atoms with van der Waals surface area (Å²) in [5.41, 5.74) is 21.1. The van der Waals surface area contributed by atoms with Gasteiger partial charge in [0.25, 0.3) is 0 Å². The van der Waals surface area contributed by atoms with E-state index in [2.05, 4.69) is 192 Å². The first kappa shape index (κ1) is 77.0. The second kappa shape index (κ2) is 42.4. The Morgan fingerprint density at radius 3 is 0.688 bits per heavy atom. The van der Waals surface area contributed by atoms with Crippen LogP contribution in [0.1, 0.15) is 330 Å². The smallest absolute Gasteiger partial charge is 0.0340 e. The van der Waals surface area contributed by atoms with Gasteiger partial charge in [-0.15, -0.1) is 0 Å². The van der Waals surface area contributed by atoms with E-state index in [1.807, 2.05) is 0 Å². The lowest BCUT2D eigenvalue weighted by molar-refractivity contribution is 0.492. The Balaban J connectivity index is 1.92. The molecule has 0 aromatic heterocycles. The molecule has 0 radical (unpaired) electrons. The van der Waals surface area contributed by atoms with Crippen molar-refractivity contribution in [1.82, 2.24) is 0 Å². The van der Waals surface area contributed by atoms with Crippen molar-refractivity contribution in [1.29, 1.82) is 0 Å². The molecule has 0 saturated heterocycles. The van der Waals surface area contributed by atoms with Crippen molar-refractivity contribution < 1.29 is 0 Å². The van der Waals surface area contributed by atoms with Crippen LogP contribution in [0, 0.1) is 0 Å². The van der Waals surface area contributed by atoms with Gasteiger partial charge in [0.15, 0.2) is 0 Å². The van der Waals surface area contributed by atoms with Crippen molar-refractivity contribution >= 4 is 55.6 Å². The van der Waals surface area contributed by atoms with Crippen LogP contribution < -0.4 is 31.8 Å². The molecule has 7 rings (SSSR count). The molecule has 6 aromatic carbocycles. The van der Waals surface area contributed by atoms with Crippen molar-refractivity contribution in [3.05, 3.63) is 176 Å². The number of rotatable bonds is 45. The minimum Gasteiger partial charge on any atom is -0.0654 e. The Morgan fingerprint density at radius 1 is 0.258 bits per heavy atom. The van der Waals surface area contributed by atoms with E-state index in [0.29, 0.717) is 5.66 Å². The molecule has 1 unspecified atom stereocenters. The van der Waals surface area contributed by atoms with Crippen molar-refractivity contribution in [3.8, 4) is 0 Å². The van der Waals surface area contributed by atoms with E-state index < -0.39 is 23.8 Å². The summed E-state index contributed by atoms with van der Waals surface area (Å²) in [5.74, 6) is 0. The molecule has 1 aliphatic rings. The highest BCUT2D eigenvalue weighted by molar-refractivity contribution is 7.92. The van der Waals surface area contributed by atoms with Crippen LogP contribution in [0.25, 0.3) is 0 Å². The molecule has 1 fully saturated rings. The van der Waals surface area contributed by atoms with E-state index in [-0.39, 0.29) is 4.90 Å². The minimum atomic E-state index is -1.05. The molecule has 0 N–H and O–H groups in total. The highest BCUT2D eigenvalue weighted by Crippen LogP contribution is 2.76. The first-order valence-electron chi connectivity index (χ1n) is 39.8. The van der Waals surface area contributed by atoms with Crippen molar-refractivity contribution in [2.45, 2.75) is 350 Å². The lowest BCUT2D eigenvalue weighted by atomic mass is 9.97. The number of benzene rings is 6. The maximum Gasteiger partial charge on any atom is 0.0340 e. The maximum atomic E-state index is 2.85. The van der Waals surface area contributed by atoms with Gasteiger partial charge in [0, 0.05) is 10.6 Å². The fraction of sp³-hybridized carbons (Fsp3) is 0.600. The third-order valence-corrected chi connectivity index (χ3v) is 32.4. The molecule has 93 heavy (non-hydrogen) atoms. The summed E-state index contributed by atoms with van der Waals surface area (Å²) in [6.07, 6.45) is 49.1. The predicted molar refractivity (Wildman–Crippen MR) is 426 cm³/mol. The molecule has 0 nitrogen and oxygen atoms in total. The van der Waals surface area contributed by atoms with Crippen LogP contribution in [0.3, 0.4) is 0 Å². The summed E-state index contributed by atoms with van der Waals surface area (Å²) in [6, 6.07) is 48.5. The third-order valence-electron chi connectivity index (χ3n) is 21.3. The Kier molecular flexibility index (Phi) is 35.1. The SMILES string of the molecule is CCCCc1cccc(P(c2cccc(CCCC)c2CCCC)C2CCCCC2(P(c2cccc(CCCC)c2CCCC)c2cccc(CCCC)c2CCCC)P(c2cccc(CCCC)c2CCCC)c2cccc(CCCC)c2CCCC)c1CCCC. The number of hydrogen-bond donors (Lipinski definition) is 0. The highest BCUT2D eigenvalue weighted by Gasteiger charge is 2.58. The summed E-state index contributed by atoms with van der Waals surface area (Å²) in [4.78, 5) is -0.110. The number of hydrogen-bond acceptors (Lipinski definition) is 0. The van der Waals surface area contributed by atoms with Gasteiger partial charge in [-0.2, -0.15) is 0 Å². The Bertz CT molecular complexity index is 2760. The zero-order valence-electron chi connectivity index (χ0n) is 62.1. The molecule has 0 aliphatic heterocycles. The van der Waals surface area contributed by atoms with Gasteiger partial charge in [-0.3, -0.25) is 0 Å². The number of aryl methyl sites for hydroxylation is 6. The molecule has 1 saturated carbocycles. The molecule has 0 amide bonds. The van der Waals surface area contributed by atoms with Crippen molar-refractivity contribution in [2.24, 2.45) is 0 Å². The van der Waals surface area contributed by atoms with Gasteiger partial charge in [-0.05, 0) is 289 Å². The monoisotopic (exact) mass is 1310 g/mol. The van der Waals surface area contributed by atoms with Gasteiger partial charge in [0.05, 0.1) is 0 Å². The quantitative estimate of drug-likeness (QED) is 0.0334. The second-order valence-electron chi connectivity index (χ2n) is 28.4. The lowest BCUT2D eigenvalue weighted by Gasteiger charge is -2.58. The number of unbranched alkanes of at least 4 members (excludes halogenated alkanes) is 12. The van der Waals surface area contributed by atoms with E-state index in [0.717, 1.165) is 0 Å². The van der Waals surface area contributed by atoms with Gasteiger partial charge < -0.3 is 0 Å². The zero-order chi connectivity index (χ0) is 66.2. The normalized spacial score (nSPS) is 14.2. The fourth-order valence-corrected chi connectivity index (χ4v) is 29.9. The average Bonchev–Trinajstić information content (AvgIpc) is 0.700. The summed E-state index contributed by atoms with van der Waals surface area (Å²) >= 11 is 0. The van der Waals surface area contributed by atoms with Crippen LogP contribution in [-0.2, 0) is 77.0 Å². The Hall–Kier alpha value is -3.39. The van der Waals surface area contributed by atoms with Gasteiger partial charge in [0.2, 0.25) is 0 Å². The highest BCUT2D eigenvalue weighted by atomic mass is 31.2. The Labute approximate surface area is 578 Å². The molecular weight excluding hydrogens is 1170 g/mol. The van der Waals surface area contributed by atoms with Crippen LogP contribution >= 0.6 is 23.8 Å². The van der Waals surface area contributed by atoms with E-state index >= 15 is 0 Å². The molecule has 1 atom stereocenters. The molecule has 0 spiro atoms. The van der Waals surface area contributed by atoms with Gasteiger partial charge >= 0.3 is 0 Å². The fourth-order valence-electron chi connectivity index (χ4n) is 16.1. The van der Waals surface area contributed by atoms with Gasteiger partial charge in [0.1, 0.15) is 0 Å². The summed E-state index contributed by atoms with van der Waals surface area (Å²) in [6.45, 7) is 29.5. The molecule has 6 aromatic rings. The van der Waals surface area contributed by atoms with Crippen molar-refractivity contribution in [2.75, 3.05) is 0 Å². The van der Waals surface area contributed by atoms with E-state index in [1.165, 1.54) is 257 Å². The molecule has 0 bridgehead atoms. The molecule has 3 heteroatoms. The second-order valence-corrected chi connectivity index (χ2v) is 36.0. The topological polar surface area (TPSA) is 0 Å². The van der Waals surface area contributed by atoms with Gasteiger partial charge in [-0.1, -0.05) is 282 Å². The summed E-state index contributed by atoms with van der Waals surface area (Å²) in [5, 5.41) is 10.8. The van der Waals surface area contributed by atoms with E-state index in [4.69, 9.17) is 0 Å². The maximum absolute atomic E-state index is 2.85. The average molecular weight is 1310 g/mol. The Morgan fingerprint density at radius 2 is 0.462 bits per heavy atom. The molecule has 0 heterocycles. The van der Waals surface area contributed by atoms with Crippen LogP contribution in [0.15, 0.2) is 109 Å². The third kappa shape index (κ3) is 19.9. The molecule has 1 aliphatic carbocycles. The van der Waals surface area contributed by atoms with Crippen LogP contribution in [0.2, 0.25) is 0 Å². The zero-order valence-corrected chi connectivity index (χ0v) is 64.8. The first-order valence-corrected chi connectivity index (χ1v) is 43.9. The molecule has 510 valence electrons. The minimum absolute atomic E-state index is 0.110. The largest absolute Gasteiger partial charge is 0.0654 e. The van der Waals surface area contributed by atoms with Crippen LogP contribution in [0.4, 0.5) is 0 Å². The lowest BCUT2D eigenvalue weighted by Crippen LogP contribution is -2.52. The van der Waals surface area contributed by atoms with E-state index in [9.17, 15) is 0 Å². The van der Waals surface area contributed by atoms with Crippen molar-refractivity contribution in [3.63, 3.8) is 0 Å². The summed E-state index contributed by atoms with van der Waals surface area (Å²) < 4.78 is 0. The standard InChI is InChI=1S/C90H135P3/c1-13-25-45-71-51-39-63-83(77(71)57-31-19-7)91(84-64-40-52-72(46-26-14-2)78(84)58-32-20-8)89-69-37-38-70-90(89,92(85-65-41-53-73(47-27-15-3)79(85)59-33-21-9)86-66-42-54-74(48-28-16-4)80(86)60-34-22-10)93(87-67-43-55-75(49-29-17-5)81(87)61-35-23-11)88-68-44-56-76(50-30-18-6)82(88)62-36-24-12/h39-44,51-56,63-68,89H,13-38,45-50,57-62,69-70H2,1-12H3. The molecular formula is C90H135P3. The predicted octanol–water partition coefficient (Wildman–Crippen LogP) is 25.1. The van der Waals surface area contributed by atoms with E-state index in [1.54, 1.807) is 98.6 Å². The van der Waals surface area contributed by atoms with Crippen LogP contribution in [-0.4, -0.2) is 10.6 Å².